The van der Waals surface area contributed by atoms with E-state index in [1.165, 1.54) is 42.5 Å². The van der Waals surface area contributed by atoms with E-state index in [9.17, 15) is 17.6 Å². The zero-order valence-electron chi connectivity index (χ0n) is 12.9. The van der Waals surface area contributed by atoms with Crippen LogP contribution in [0.3, 0.4) is 0 Å². The number of benzene rings is 2. The molecule has 1 amide bonds. The van der Waals surface area contributed by atoms with Gasteiger partial charge in [0.15, 0.2) is 11.5 Å². The van der Waals surface area contributed by atoms with Crippen LogP contribution in [0, 0.1) is 5.82 Å². The molecular weight excluding hydrogens is 349 g/mol. The third-order valence-electron chi connectivity index (χ3n) is 3.33. The second-order valence-electron chi connectivity index (χ2n) is 5.16. The van der Waals surface area contributed by atoms with E-state index in [4.69, 9.17) is 9.47 Å². The highest BCUT2D eigenvalue weighted by molar-refractivity contribution is 7.90. The van der Waals surface area contributed by atoms with E-state index in [1.807, 2.05) is 4.72 Å². The predicted molar refractivity (Wildman–Crippen MR) is 88.2 cm³/mol. The number of halogens is 1. The number of rotatable bonds is 4. The summed E-state index contributed by atoms with van der Waals surface area (Å²) in [5.74, 6) is -0.551. The Balaban J connectivity index is 1.73. The normalized spacial score (nSPS) is 13.6. The lowest BCUT2D eigenvalue weighted by Gasteiger charge is -2.18. The van der Waals surface area contributed by atoms with Crippen LogP contribution >= 0.6 is 0 Å². The van der Waals surface area contributed by atoms with Crippen LogP contribution in [0.4, 0.5) is 4.39 Å². The van der Waals surface area contributed by atoms with E-state index in [2.05, 4.69) is 0 Å². The lowest BCUT2D eigenvalue weighted by molar-refractivity contribution is -0.114. The summed E-state index contributed by atoms with van der Waals surface area (Å²) in [7, 11) is -4.07. The molecule has 1 N–H and O–H groups in total. The first-order chi connectivity index (χ1) is 11.9. The topological polar surface area (TPSA) is 81.7 Å². The summed E-state index contributed by atoms with van der Waals surface area (Å²) < 4.78 is 50.2. The van der Waals surface area contributed by atoms with Crippen molar-refractivity contribution in [3.63, 3.8) is 0 Å². The molecule has 0 saturated carbocycles. The lowest BCUT2D eigenvalue weighted by atomic mass is 10.2. The molecule has 0 atom stereocenters. The SMILES string of the molecule is O=C(/C=C/c1cccc(F)c1)NS(=O)(=O)c1ccc2c(c1)OCCO2. The van der Waals surface area contributed by atoms with Crippen LogP contribution in [0.5, 0.6) is 11.5 Å². The largest absolute Gasteiger partial charge is 0.486 e. The molecule has 2 aromatic carbocycles. The lowest BCUT2D eigenvalue weighted by Crippen LogP contribution is -2.29. The highest BCUT2D eigenvalue weighted by atomic mass is 32.2. The van der Waals surface area contributed by atoms with Gasteiger partial charge in [-0.15, -0.1) is 0 Å². The van der Waals surface area contributed by atoms with Gasteiger partial charge >= 0.3 is 0 Å². The zero-order valence-corrected chi connectivity index (χ0v) is 13.8. The van der Waals surface area contributed by atoms with Crippen molar-refractivity contribution in [2.75, 3.05) is 13.2 Å². The smallest absolute Gasteiger partial charge is 0.264 e. The van der Waals surface area contributed by atoms with E-state index in [-0.39, 0.29) is 4.90 Å². The number of fused-ring (bicyclic) bond motifs is 1. The molecule has 2 aromatic rings. The second kappa shape index (κ2) is 6.94. The van der Waals surface area contributed by atoms with Crippen molar-refractivity contribution in [1.29, 1.82) is 0 Å². The van der Waals surface area contributed by atoms with Crippen LogP contribution in [-0.4, -0.2) is 27.5 Å². The van der Waals surface area contributed by atoms with Gasteiger partial charge in [-0.2, -0.15) is 0 Å². The average Bonchev–Trinajstić information content (AvgIpc) is 2.59. The van der Waals surface area contributed by atoms with Gasteiger partial charge in [0.1, 0.15) is 19.0 Å². The molecule has 0 aromatic heterocycles. The molecule has 1 heterocycles. The van der Waals surface area contributed by atoms with Gasteiger partial charge in [0, 0.05) is 12.1 Å². The summed E-state index contributed by atoms with van der Waals surface area (Å²) in [5.41, 5.74) is 0.437. The molecule has 25 heavy (non-hydrogen) atoms. The van der Waals surface area contributed by atoms with Crippen LogP contribution in [0.25, 0.3) is 6.08 Å². The molecule has 0 saturated heterocycles. The molecule has 1 aliphatic rings. The number of hydrogen-bond donors (Lipinski definition) is 1. The Morgan fingerprint density at radius 2 is 1.84 bits per heavy atom. The van der Waals surface area contributed by atoms with Gasteiger partial charge in [-0.1, -0.05) is 12.1 Å². The number of nitrogens with one attached hydrogen (secondary N) is 1. The Bertz CT molecular complexity index is 940. The Kier molecular flexibility index (Phi) is 4.71. The average molecular weight is 363 g/mol. The van der Waals surface area contributed by atoms with Crippen LogP contribution in [0.15, 0.2) is 53.4 Å². The molecule has 0 radical (unpaired) electrons. The molecule has 8 heteroatoms. The summed E-state index contributed by atoms with van der Waals surface area (Å²) in [6.07, 6.45) is 2.34. The predicted octanol–water partition coefficient (Wildman–Crippen LogP) is 2.12. The molecule has 130 valence electrons. The minimum Gasteiger partial charge on any atom is -0.486 e. The van der Waals surface area contributed by atoms with Gasteiger partial charge < -0.3 is 9.47 Å². The van der Waals surface area contributed by atoms with Crippen molar-refractivity contribution < 1.29 is 27.1 Å². The van der Waals surface area contributed by atoms with Crippen molar-refractivity contribution >= 4 is 22.0 Å². The molecule has 0 unspecified atom stereocenters. The van der Waals surface area contributed by atoms with Crippen molar-refractivity contribution in [3.05, 3.63) is 59.9 Å². The van der Waals surface area contributed by atoms with Crippen molar-refractivity contribution in [2.24, 2.45) is 0 Å². The van der Waals surface area contributed by atoms with E-state index in [1.54, 1.807) is 6.07 Å². The van der Waals surface area contributed by atoms with Gasteiger partial charge in [0.25, 0.3) is 15.9 Å². The number of carbonyl (C=O) groups is 1. The molecule has 6 nitrogen and oxygen atoms in total. The van der Waals surface area contributed by atoms with Gasteiger partial charge in [0.2, 0.25) is 0 Å². The molecule has 3 rings (SSSR count). The fourth-order valence-electron chi connectivity index (χ4n) is 2.20. The minimum absolute atomic E-state index is 0.121. The molecule has 1 aliphatic heterocycles. The van der Waals surface area contributed by atoms with Gasteiger partial charge in [-0.3, -0.25) is 4.79 Å². The van der Waals surface area contributed by atoms with Crippen molar-refractivity contribution in [3.8, 4) is 11.5 Å². The summed E-state index contributed by atoms with van der Waals surface area (Å²) in [5, 5.41) is 0. The molecular formula is C17H14FNO5S. The molecule has 0 bridgehead atoms. The quantitative estimate of drug-likeness (QED) is 0.842. The molecule has 0 aliphatic carbocycles. The Morgan fingerprint density at radius 1 is 1.08 bits per heavy atom. The first-order valence-corrected chi connectivity index (χ1v) is 8.82. The van der Waals surface area contributed by atoms with Crippen LogP contribution in [0.1, 0.15) is 5.56 Å². The van der Waals surface area contributed by atoms with Crippen LogP contribution in [0.2, 0.25) is 0 Å². The summed E-state index contributed by atoms with van der Waals surface area (Å²) in [4.78, 5) is 11.7. The van der Waals surface area contributed by atoms with Crippen LogP contribution < -0.4 is 14.2 Å². The summed E-state index contributed by atoms with van der Waals surface area (Å²) >= 11 is 0. The van der Waals surface area contributed by atoms with E-state index in [0.717, 1.165) is 6.08 Å². The van der Waals surface area contributed by atoms with Gasteiger partial charge in [-0.25, -0.2) is 17.5 Å². The third-order valence-corrected chi connectivity index (χ3v) is 4.68. The van der Waals surface area contributed by atoms with Crippen molar-refractivity contribution in [1.82, 2.24) is 4.72 Å². The van der Waals surface area contributed by atoms with Gasteiger partial charge in [0.05, 0.1) is 4.90 Å². The Labute approximate surface area is 143 Å². The van der Waals surface area contributed by atoms with E-state index >= 15 is 0 Å². The summed E-state index contributed by atoms with van der Waals surface area (Å²) in [6, 6.07) is 9.64. The number of amides is 1. The number of ether oxygens (including phenoxy) is 2. The number of hydrogen-bond acceptors (Lipinski definition) is 5. The standard InChI is InChI=1S/C17H14FNO5S/c18-13-3-1-2-12(10-13)4-7-17(20)19-25(21,22)14-5-6-15-16(11-14)24-9-8-23-15/h1-7,10-11H,8-9H2,(H,19,20)/b7-4+. The first kappa shape index (κ1) is 17.0. The van der Waals surface area contributed by atoms with Crippen LogP contribution in [-0.2, 0) is 14.8 Å². The fraction of sp³-hybridized carbons (Fsp3) is 0.118. The minimum atomic E-state index is -4.07. The fourth-order valence-corrected chi connectivity index (χ4v) is 3.16. The zero-order chi connectivity index (χ0) is 17.9. The Morgan fingerprint density at radius 3 is 2.60 bits per heavy atom. The highest BCUT2D eigenvalue weighted by Gasteiger charge is 2.20. The Hall–Kier alpha value is -2.87. The molecule has 0 spiro atoms. The maximum atomic E-state index is 13.1. The maximum absolute atomic E-state index is 13.1. The second-order valence-corrected chi connectivity index (χ2v) is 6.85. The monoisotopic (exact) mass is 363 g/mol. The molecule has 0 fully saturated rings. The number of sulfonamides is 1. The van der Waals surface area contributed by atoms with E-state index < -0.39 is 21.7 Å². The third kappa shape index (κ3) is 4.16. The van der Waals surface area contributed by atoms with Crippen molar-refractivity contribution in [2.45, 2.75) is 4.90 Å². The number of carbonyl (C=O) groups excluding carboxylic acids is 1. The summed E-state index contributed by atoms with van der Waals surface area (Å²) in [6.45, 7) is 0.708. The first-order valence-electron chi connectivity index (χ1n) is 7.34. The maximum Gasteiger partial charge on any atom is 0.264 e. The highest BCUT2D eigenvalue weighted by Crippen LogP contribution is 2.32. The van der Waals surface area contributed by atoms with E-state index in [0.29, 0.717) is 30.3 Å². The van der Waals surface area contributed by atoms with Gasteiger partial charge in [-0.05, 0) is 35.9 Å².